The Kier molecular flexibility index (Phi) is 7.91. The summed E-state index contributed by atoms with van der Waals surface area (Å²) < 4.78 is 31.8. The number of unbranched alkanes of at least 4 members (excludes halogenated alkanes) is 1. The van der Waals surface area contributed by atoms with Gasteiger partial charge in [0.15, 0.2) is 4.75 Å². The van der Waals surface area contributed by atoms with Crippen molar-refractivity contribution in [1.29, 1.82) is 0 Å². The van der Waals surface area contributed by atoms with E-state index < -0.39 is 20.7 Å². The van der Waals surface area contributed by atoms with Gasteiger partial charge in [-0.1, -0.05) is 37.1 Å². The number of benzene rings is 1. The van der Waals surface area contributed by atoms with E-state index in [1.165, 1.54) is 15.4 Å². The number of hydrogen-bond donors (Lipinski definition) is 2. The highest BCUT2D eigenvalue weighted by molar-refractivity contribution is 7.91. The summed E-state index contributed by atoms with van der Waals surface area (Å²) in [5, 5.41) is 9.18. The molecule has 0 unspecified atom stereocenters. The SMILES string of the molecule is O=C(CCCCC1CCN(S(=O)(=O)C2(C(=O)NO)CCOCC2)CC1)N1Cc2ccccc2C1. The van der Waals surface area contributed by atoms with E-state index in [-0.39, 0.29) is 32.0 Å². The van der Waals surface area contributed by atoms with Crippen molar-refractivity contribution in [1.82, 2.24) is 14.7 Å². The lowest BCUT2D eigenvalue weighted by Crippen LogP contribution is -2.60. The molecule has 0 bridgehead atoms. The molecule has 0 saturated carbocycles. The highest BCUT2D eigenvalue weighted by atomic mass is 32.2. The van der Waals surface area contributed by atoms with Crippen molar-refractivity contribution in [2.24, 2.45) is 5.92 Å². The first-order valence-electron chi connectivity index (χ1n) is 12.2. The Labute approximate surface area is 201 Å². The van der Waals surface area contributed by atoms with Gasteiger partial charge in [-0.05, 0) is 36.3 Å². The van der Waals surface area contributed by atoms with Gasteiger partial charge in [-0.3, -0.25) is 14.8 Å². The summed E-state index contributed by atoms with van der Waals surface area (Å²) in [5.41, 5.74) is 4.03. The molecule has 3 aliphatic rings. The minimum atomic E-state index is -3.92. The van der Waals surface area contributed by atoms with E-state index in [1.807, 2.05) is 17.0 Å². The molecule has 4 rings (SSSR count). The summed E-state index contributed by atoms with van der Waals surface area (Å²) >= 11 is 0. The van der Waals surface area contributed by atoms with Crippen molar-refractivity contribution in [3.63, 3.8) is 0 Å². The molecule has 2 amide bonds. The maximum atomic E-state index is 13.4. The molecule has 3 aliphatic heterocycles. The Morgan fingerprint density at radius 1 is 1.06 bits per heavy atom. The summed E-state index contributed by atoms with van der Waals surface area (Å²) in [6.45, 7) is 2.49. The van der Waals surface area contributed by atoms with Crippen molar-refractivity contribution in [3.05, 3.63) is 35.4 Å². The van der Waals surface area contributed by atoms with Crippen molar-refractivity contribution in [2.45, 2.75) is 69.2 Å². The quantitative estimate of drug-likeness (QED) is 0.326. The molecule has 9 nitrogen and oxygen atoms in total. The lowest BCUT2D eigenvalue weighted by molar-refractivity contribution is -0.134. The third-order valence-corrected chi connectivity index (χ3v) is 10.3. The highest BCUT2D eigenvalue weighted by Gasteiger charge is 2.54. The number of fused-ring (bicyclic) bond motifs is 1. The number of hydrogen-bond acceptors (Lipinski definition) is 6. The molecular weight excluding hydrogens is 458 g/mol. The number of nitrogens with one attached hydrogen (secondary N) is 1. The third-order valence-electron chi connectivity index (χ3n) is 7.67. The highest BCUT2D eigenvalue weighted by Crippen LogP contribution is 2.35. The minimum Gasteiger partial charge on any atom is -0.381 e. The number of amides is 2. The van der Waals surface area contributed by atoms with Crippen LogP contribution in [0, 0.1) is 5.92 Å². The smallest absolute Gasteiger partial charge is 0.266 e. The van der Waals surface area contributed by atoms with E-state index in [9.17, 15) is 23.2 Å². The normalized spacial score (nSPS) is 21.3. The standard InChI is InChI=1S/C24H35N3O6S/c28-22(26-17-20-6-2-3-7-21(20)18-26)8-4-1-5-19-9-13-27(14-10-19)34(31,32)24(23(29)25-30)11-15-33-16-12-24/h2-3,6-7,19,30H,1,4-5,8-18H2,(H,25,29). The minimum absolute atomic E-state index is 0.0395. The molecule has 0 radical (unpaired) electrons. The monoisotopic (exact) mass is 493 g/mol. The summed E-state index contributed by atoms with van der Waals surface area (Å²) in [5.74, 6) is -0.264. The van der Waals surface area contributed by atoms with Crippen LogP contribution in [0.15, 0.2) is 24.3 Å². The predicted octanol–water partition coefficient (Wildman–Crippen LogP) is 2.19. The van der Waals surface area contributed by atoms with Crippen LogP contribution in [0.5, 0.6) is 0 Å². The van der Waals surface area contributed by atoms with Crippen molar-refractivity contribution in [3.8, 4) is 0 Å². The van der Waals surface area contributed by atoms with Gasteiger partial charge in [-0.15, -0.1) is 0 Å². The first kappa shape index (κ1) is 25.1. The molecule has 3 heterocycles. The Morgan fingerprint density at radius 3 is 2.26 bits per heavy atom. The molecule has 0 spiro atoms. The summed E-state index contributed by atoms with van der Waals surface area (Å²) in [6, 6.07) is 8.17. The first-order valence-corrected chi connectivity index (χ1v) is 13.7. The van der Waals surface area contributed by atoms with E-state index in [2.05, 4.69) is 12.1 Å². The topological polar surface area (TPSA) is 116 Å². The van der Waals surface area contributed by atoms with Gasteiger partial charge >= 0.3 is 0 Å². The summed E-state index contributed by atoms with van der Waals surface area (Å²) in [4.78, 5) is 26.9. The van der Waals surface area contributed by atoms with E-state index in [4.69, 9.17) is 4.74 Å². The zero-order chi connectivity index (χ0) is 24.2. The van der Waals surface area contributed by atoms with E-state index in [0.717, 1.165) is 32.1 Å². The molecule has 34 heavy (non-hydrogen) atoms. The van der Waals surface area contributed by atoms with E-state index in [0.29, 0.717) is 38.5 Å². The zero-order valence-electron chi connectivity index (χ0n) is 19.6. The molecular formula is C24H35N3O6S. The molecule has 1 aromatic rings. The van der Waals surface area contributed by atoms with Gasteiger partial charge in [0.1, 0.15) is 0 Å². The average molecular weight is 494 g/mol. The van der Waals surface area contributed by atoms with Crippen molar-refractivity contribution < 1.29 is 28.0 Å². The van der Waals surface area contributed by atoms with Gasteiger partial charge < -0.3 is 9.64 Å². The first-order chi connectivity index (χ1) is 16.4. The molecule has 0 aliphatic carbocycles. The molecule has 2 N–H and O–H groups in total. The Balaban J connectivity index is 1.21. The zero-order valence-corrected chi connectivity index (χ0v) is 20.4. The van der Waals surface area contributed by atoms with Crippen LogP contribution in [0.3, 0.4) is 0 Å². The van der Waals surface area contributed by atoms with Crippen LogP contribution in [0.25, 0.3) is 0 Å². The summed E-state index contributed by atoms with van der Waals surface area (Å²) in [7, 11) is -3.92. The Bertz CT molecular complexity index is 959. The van der Waals surface area contributed by atoms with Gasteiger partial charge in [0.05, 0.1) is 0 Å². The predicted molar refractivity (Wildman–Crippen MR) is 125 cm³/mol. The number of sulfonamides is 1. The van der Waals surface area contributed by atoms with Crippen LogP contribution in [0.1, 0.15) is 62.5 Å². The van der Waals surface area contributed by atoms with E-state index >= 15 is 0 Å². The number of piperidine rings is 1. The van der Waals surface area contributed by atoms with Gasteiger partial charge in [-0.25, -0.2) is 18.2 Å². The van der Waals surface area contributed by atoms with Crippen LogP contribution < -0.4 is 5.48 Å². The Hall–Kier alpha value is -2.01. The number of ether oxygens (including phenoxy) is 1. The molecule has 188 valence electrons. The number of hydroxylamine groups is 1. The second kappa shape index (κ2) is 10.7. The maximum absolute atomic E-state index is 13.4. The molecule has 2 saturated heterocycles. The number of rotatable bonds is 8. The summed E-state index contributed by atoms with van der Waals surface area (Å²) in [6.07, 6.45) is 4.85. The second-order valence-electron chi connectivity index (χ2n) is 9.66. The number of nitrogens with zero attached hydrogens (tertiary/aromatic N) is 2. The average Bonchev–Trinajstić information content (AvgIpc) is 3.31. The number of carbonyl (C=O) groups is 2. The second-order valence-corrected chi connectivity index (χ2v) is 11.9. The molecule has 0 atom stereocenters. The maximum Gasteiger partial charge on any atom is 0.266 e. The fraction of sp³-hybridized carbons (Fsp3) is 0.667. The van der Waals surface area contributed by atoms with Crippen LogP contribution in [0.2, 0.25) is 0 Å². The lowest BCUT2D eigenvalue weighted by atomic mass is 9.92. The van der Waals surface area contributed by atoms with Crippen LogP contribution in [0.4, 0.5) is 0 Å². The lowest BCUT2D eigenvalue weighted by Gasteiger charge is -2.40. The Morgan fingerprint density at radius 2 is 1.68 bits per heavy atom. The largest absolute Gasteiger partial charge is 0.381 e. The van der Waals surface area contributed by atoms with Crippen LogP contribution >= 0.6 is 0 Å². The molecule has 0 aromatic heterocycles. The third kappa shape index (κ3) is 5.00. The van der Waals surface area contributed by atoms with E-state index in [1.54, 1.807) is 5.48 Å². The fourth-order valence-electron chi connectivity index (χ4n) is 5.47. The molecule has 1 aromatic carbocycles. The van der Waals surface area contributed by atoms with Gasteiger partial charge in [0.25, 0.3) is 5.91 Å². The van der Waals surface area contributed by atoms with Crippen molar-refractivity contribution >= 4 is 21.8 Å². The fourth-order valence-corrected chi connectivity index (χ4v) is 7.62. The van der Waals surface area contributed by atoms with Crippen LogP contribution in [-0.2, 0) is 37.4 Å². The molecule has 10 heteroatoms. The van der Waals surface area contributed by atoms with Crippen LogP contribution in [-0.4, -0.2) is 65.7 Å². The van der Waals surface area contributed by atoms with Gasteiger partial charge in [0.2, 0.25) is 15.9 Å². The van der Waals surface area contributed by atoms with Gasteiger partial charge in [0, 0.05) is 58.7 Å². The molecule has 2 fully saturated rings. The van der Waals surface area contributed by atoms with Gasteiger partial charge in [-0.2, -0.15) is 0 Å². The van der Waals surface area contributed by atoms with Crippen molar-refractivity contribution in [2.75, 3.05) is 26.3 Å². The number of carbonyl (C=O) groups excluding carboxylic acids is 2.